The maximum absolute atomic E-state index is 8.65. The van der Waals surface area contributed by atoms with Crippen molar-refractivity contribution in [1.82, 2.24) is 15.1 Å². The van der Waals surface area contributed by atoms with Crippen LogP contribution in [0.25, 0.3) is 11.1 Å². The van der Waals surface area contributed by atoms with Gasteiger partial charge >= 0.3 is 0 Å². The summed E-state index contributed by atoms with van der Waals surface area (Å²) in [5.41, 5.74) is 10.6. The largest absolute Gasteiger partial charge is 0.398 e. The number of anilines is 2. The fourth-order valence-corrected chi connectivity index (χ4v) is 3.10. The predicted octanol–water partition coefficient (Wildman–Crippen LogP) is 2.27. The SMILES string of the molecule is Cc1nocc1-c1ccc(N)c(C(=N)c2cc(N3CCOCC3)ncn2)c1. The molecule has 3 aromatic rings. The highest BCUT2D eigenvalue weighted by molar-refractivity contribution is 6.13. The molecule has 0 unspecified atom stereocenters. The van der Waals surface area contributed by atoms with Crippen molar-refractivity contribution in [3.8, 4) is 11.1 Å². The Bertz CT molecular complexity index is 978. The number of aromatic nitrogens is 3. The van der Waals surface area contributed by atoms with Crippen LogP contribution in [0.3, 0.4) is 0 Å². The van der Waals surface area contributed by atoms with Crippen LogP contribution in [0.2, 0.25) is 0 Å². The van der Waals surface area contributed by atoms with Gasteiger partial charge in [-0.3, -0.25) is 5.41 Å². The minimum atomic E-state index is 0.250. The number of ether oxygens (including phenoxy) is 1. The number of nitrogen functional groups attached to an aromatic ring is 1. The Morgan fingerprint density at radius 3 is 2.74 bits per heavy atom. The van der Waals surface area contributed by atoms with Gasteiger partial charge < -0.3 is 19.9 Å². The molecule has 0 amide bonds. The van der Waals surface area contributed by atoms with E-state index in [1.807, 2.05) is 25.1 Å². The van der Waals surface area contributed by atoms with Crippen molar-refractivity contribution in [2.75, 3.05) is 36.9 Å². The number of nitrogens with two attached hydrogens (primary N) is 1. The van der Waals surface area contributed by atoms with E-state index in [4.69, 9.17) is 20.4 Å². The molecule has 0 saturated carbocycles. The molecule has 1 saturated heterocycles. The van der Waals surface area contributed by atoms with Crippen LogP contribution in [0.4, 0.5) is 11.5 Å². The van der Waals surface area contributed by atoms with E-state index in [1.54, 1.807) is 12.3 Å². The fourth-order valence-electron chi connectivity index (χ4n) is 3.10. The Kier molecular flexibility index (Phi) is 4.55. The normalized spacial score (nSPS) is 14.3. The molecule has 1 aromatic carbocycles. The summed E-state index contributed by atoms with van der Waals surface area (Å²) in [5, 5.41) is 12.6. The number of aryl methyl sites for hydroxylation is 1. The molecule has 2 aromatic heterocycles. The second-order valence-electron chi connectivity index (χ2n) is 6.35. The standard InChI is InChI=1S/C19H20N6O2/c1-12-15(10-27-24-12)13-2-3-16(20)14(8-13)19(21)17-9-18(23-11-22-17)25-4-6-26-7-5-25/h2-3,8-11,21H,4-7,20H2,1H3. The molecule has 3 heterocycles. The first kappa shape index (κ1) is 17.2. The van der Waals surface area contributed by atoms with Crippen molar-refractivity contribution in [3.05, 3.63) is 53.8 Å². The van der Waals surface area contributed by atoms with Crippen LogP contribution in [-0.4, -0.2) is 47.1 Å². The van der Waals surface area contributed by atoms with E-state index in [1.165, 1.54) is 6.33 Å². The number of morpholine rings is 1. The van der Waals surface area contributed by atoms with Crippen molar-refractivity contribution in [2.24, 2.45) is 0 Å². The second kappa shape index (κ2) is 7.16. The van der Waals surface area contributed by atoms with Gasteiger partial charge in [0, 0.05) is 36.0 Å². The predicted molar refractivity (Wildman–Crippen MR) is 102 cm³/mol. The molecule has 8 heteroatoms. The minimum absolute atomic E-state index is 0.250. The lowest BCUT2D eigenvalue weighted by Gasteiger charge is -2.27. The molecule has 4 rings (SSSR count). The summed E-state index contributed by atoms with van der Waals surface area (Å²) in [4.78, 5) is 10.8. The molecule has 1 aliphatic heterocycles. The average molecular weight is 364 g/mol. The topological polar surface area (TPSA) is 114 Å². The lowest BCUT2D eigenvalue weighted by Crippen LogP contribution is -2.36. The lowest BCUT2D eigenvalue weighted by molar-refractivity contribution is 0.122. The number of hydrogen-bond donors (Lipinski definition) is 2. The van der Waals surface area contributed by atoms with Crippen LogP contribution in [0.5, 0.6) is 0 Å². The molecule has 0 bridgehead atoms. The third kappa shape index (κ3) is 3.39. The van der Waals surface area contributed by atoms with Crippen LogP contribution < -0.4 is 10.6 Å². The van der Waals surface area contributed by atoms with Gasteiger partial charge in [-0.2, -0.15) is 0 Å². The monoisotopic (exact) mass is 364 g/mol. The Morgan fingerprint density at radius 1 is 1.19 bits per heavy atom. The first-order valence-electron chi connectivity index (χ1n) is 8.68. The molecule has 8 nitrogen and oxygen atoms in total. The van der Waals surface area contributed by atoms with Gasteiger partial charge in [0.25, 0.3) is 0 Å². The smallest absolute Gasteiger partial charge is 0.132 e. The molecule has 27 heavy (non-hydrogen) atoms. The zero-order chi connectivity index (χ0) is 18.8. The second-order valence-corrected chi connectivity index (χ2v) is 6.35. The van der Waals surface area contributed by atoms with Gasteiger partial charge in [0.2, 0.25) is 0 Å². The van der Waals surface area contributed by atoms with E-state index in [0.29, 0.717) is 30.2 Å². The summed E-state index contributed by atoms with van der Waals surface area (Å²) in [6.07, 6.45) is 3.08. The number of nitrogens with zero attached hydrogens (tertiary/aromatic N) is 4. The summed E-state index contributed by atoms with van der Waals surface area (Å²) in [7, 11) is 0. The molecule has 0 spiro atoms. The van der Waals surface area contributed by atoms with Gasteiger partial charge in [0.05, 0.1) is 30.3 Å². The van der Waals surface area contributed by atoms with E-state index >= 15 is 0 Å². The summed E-state index contributed by atoms with van der Waals surface area (Å²) in [6.45, 7) is 4.76. The Morgan fingerprint density at radius 2 is 2.00 bits per heavy atom. The molecule has 0 aliphatic carbocycles. The van der Waals surface area contributed by atoms with Gasteiger partial charge in [0.1, 0.15) is 18.4 Å². The number of benzene rings is 1. The lowest BCUT2D eigenvalue weighted by atomic mass is 9.98. The molecular weight excluding hydrogens is 344 g/mol. The number of rotatable bonds is 4. The van der Waals surface area contributed by atoms with Gasteiger partial charge in [-0.1, -0.05) is 11.2 Å². The molecule has 138 valence electrons. The van der Waals surface area contributed by atoms with E-state index in [2.05, 4.69) is 20.0 Å². The fraction of sp³-hybridized carbons (Fsp3) is 0.263. The maximum atomic E-state index is 8.65. The Labute approximate surface area is 156 Å². The van der Waals surface area contributed by atoms with Crippen molar-refractivity contribution < 1.29 is 9.26 Å². The summed E-state index contributed by atoms with van der Waals surface area (Å²) < 4.78 is 10.4. The third-order valence-corrected chi connectivity index (χ3v) is 4.63. The number of nitrogens with one attached hydrogen (secondary N) is 1. The van der Waals surface area contributed by atoms with Gasteiger partial charge in [-0.05, 0) is 24.6 Å². The van der Waals surface area contributed by atoms with E-state index in [9.17, 15) is 0 Å². The van der Waals surface area contributed by atoms with E-state index < -0.39 is 0 Å². The first-order valence-corrected chi connectivity index (χ1v) is 8.68. The molecule has 0 radical (unpaired) electrons. The van der Waals surface area contributed by atoms with Gasteiger partial charge in [-0.25, -0.2) is 9.97 Å². The quantitative estimate of drug-likeness (QED) is 0.539. The third-order valence-electron chi connectivity index (χ3n) is 4.63. The maximum Gasteiger partial charge on any atom is 0.132 e. The minimum Gasteiger partial charge on any atom is -0.398 e. The summed E-state index contributed by atoms with van der Waals surface area (Å²) >= 11 is 0. The Balaban J connectivity index is 1.67. The highest BCUT2D eigenvalue weighted by atomic mass is 16.5. The van der Waals surface area contributed by atoms with Crippen molar-refractivity contribution in [3.63, 3.8) is 0 Å². The van der Waals surface area contributed by atoms with Gasteiger partial charge in [-0.15, -0.1) is 0 Å². The highest BCUT2D eigenvalue weighted by Gasteiger charge is 2.17. The van der Waals surface area contributed by atoms with Gasteiger partial charge in [0.15, 0.2) is 0 Å². The van der Waals surface area contributed by atoms with Crippen LogP contribution in [0, 0.1) is 12.3 Å². The molecular formula is C19H20N6O2. The molecule has 1 aliphatic rings. The number of hydrogen-bond acceptors (Lipinski definition) is 8. The van der Waals surface area contributed by atoms with E-state index in [0.717, 1.165) is 35.7 Å². The highest BCUT2D eigenvalue weighted by Crippen LogP contribution is 2.27. The summed E-state index contributed by atoms with van der Waals surface area (Å²) in [5.74, 6) is 0.789. The van der Waals surface area contributed by atoms with Crippen molar-refractivity contribution >= 4 is 17.2 Å². The van der Waals surface area contributed by atoms with Crippen LogP contribution in [0.15, 0.2) is 41.4 Å². The zero-order valence-electron chi connectivity index (χ0n) is 15.0. The van der Waals surface area contributed by atoms with E-state index in [-0.39, 0.29) is 5.71 Å². The van der Waals surface area contributed by atoms with Crippen LogP contribution in [0.1, 0.15) is 17.0 Å². The van der Waals surface area contributed by atoms with Crippen LogP contribution in [-0.2, 0) is 4.74 Å². The molecule has 0 atom stereocenters. The van der Waals surface area contributed by atoms with Crippen molar-refractivity contribution in [1.29, 1.82) is 5.41 Å². The zero-order valence-corrected chi connectivity index (χ0v) is 15.0. The van der Waals surface area contributed by atoms with Crippen molar-refractivity contribution in [2.45, 2.75) is 6.92 Å². The Hall–Kier alpha value is -3.26. The molecule has 3 N–H and O–H groups in total. The average Bonchev–Trinajstić information content (AvgIpc) is 3.14. The van der Waals surface area contributed by atoms with Crippen LogP contribution >= 0.6 is 0 Å². The molecule has 1 fully saturated rings. The summed E-state index contributed by atoms with van der Waals surface area (Å²) in [6, 6.07) is 7.37. The first-order chi connectivity index (χ1) is 13.1.